The van der Waals surface area contributed by atoms with Gasteiger partial charge < -0.3 is 0 Å². The lowest BCUT2D eigenvalue weighted by molar-refractivity contribution is 0.589. The Bertz CT molecular complexity index is 1330. The Kier molecular flexibility index (Phi) is 4.60. The highest BCUT2D eigenvalue weighted by molar-refractivity contribution is 5.89. The van der Waals surface area contributed by atoms with Crippen LogP contribution in [0.5, 0.6) is 0 Å². The Morgan fingerprint density at radius 3 is 2.77 bits per heavy atom. The average Bonchev–Trinajstić information content (AvgIpc) is 3.51. The number of benzene rings is 1. The first-order valence-corrected chi connectivity index (χ1v) is 10.1. The van der Waals surface area contributed by atoms with E-state index in [1.165, 1.54) is 6.07 Å². The zero-order valence-electron chi connectivity index (χ0n) is 16.9. The summed E-state index contributed by atoms with van der Waals surface area (Å²) in [6.07, 6.45) is 6.42. The molecule has 5 rings (SSSR count). The van der Waals surface area contributed by atoms with Gasteiger partial charge in [-0.2, -0.15) is 5.10 Å². The highest BCUT2D eigenvalue weighted by Crippen LogP contribution is 2.53. The van der Waals surface area contributed by atoms with Crippen molar-refractivity contribution in [1.82, 2.24) is 24.7 Å². The van der Waals surface area contributed by atoms with E-state index in [-0.39, 0.29) is 17.8 Å². The van der Waals surface area contributed by atoms with Crippen LogP contribution in [-0.4, -0.2) is 24.7 Å². The average molecular weight is 414 g/mol. The number of nitrogens with zero attached hydrogens (tertiary/aromatic N) is 8. The van der Waals surface area contributed by atoms with Gasteiger partial charge in [-0.1, -0.05) is 25.1 Å². The fraction of sp³-hybridized carbons (Fsp3) is 0.273. The molecule has 1 aliphatic carbocycles. The molecule has 154 valence electrons. The maximum Gasteiger partial charge on any atom is 0.181 e. The first kappa shape index (κ1) is 19.1. The maximum absolute atomic E-state index is 14.2. The van der Waals surface area contributed by atoms with Crippen molar-refractivity contribution < 1.29 is 4.39 Å². The predicted molar refractivity (Wildman–Crippen MR) is 114 cm³/mol. The van der Waals surface area contributed by atoms with E-state index in [0.717, 1.165) is 30.2 Å². The van der Waals surface area contributed by atoms with Crippen molar-refractivity contribution in [3.63, 3.8) is 0 Å². The Balaban J connectivity index is 1.63. The molecule has 0 unspecified atom stereocenters. The summed E-state index contributed by atoms with van der Waals surface area (Å²) >= 11 is 0. The minimum Gasteiger partial charge on any atom is -0.242 e. The number of pyridine rings is 1. The second kappa shape index (κ2) is 7.45. The monoisotopic (exact) mass is 414 g/mol. The molecule has 0 radical (unpaired) electrons. The van der Waals surface area contributed by atoms with Gasteiger partial charge in [-0.15, -0.1) is 0 Å². The van der Waals surface area contributed by atoms with Crippen molar-refractivity contribution in [3.05, 3.63) is 76.2 Å². The number of rotatable bonds is 6. The molecule has 0 bridgehead atoms. The van der Waals surface area contributed by atoms with Crippen LogP contribution in [0.3, 0.4) is 0 Å². The molecule has 0 spiro atoms. The summed E-state index contributed by atoms with van der Waals surface area (Å²) in [5, 5.41) is 9.24. The van der Waals surface area contributed by atoms with Crippen molar-refractivity contribution in [3.8, 4) is 11.5 Å². The van der Waals surface area contributed by atoms with E-state index >= 15 is 0 Å². The maximum atomic E-state index is 14.2. The summed E-state index contributed by atoms with van der Waals surface area (Å²) < 4.78 is 15.8. The molecular weight excluding hydrogens is 395 g/mol. The van der Waals surface area contributed by atoms with Crippen molar-refractivity contribution in [2.45, 2.75) is 38.1 Å². The number of halogens is 1. The number of fused-ring (bicyclic) bond motifs is 1. The first-order valence-electron chi connectivity index (χ1n) is 10.1. The summed E-state index contributed by atoms with van der Waals surface area (Å²) in [6, 6.07) is 10.3. The van der Waals surface area contributed by atoms with Gasteiger partial charge >= 0.3 is 0 Å². The normalized spacial score (nSPS) is 14.4. The minimum atomic E-state index is -0.302. The third kappa shape index (κ3) is 3.29. The highest BCUT2D eigenvalue weighted by atomic mass is 19.1. The summed E-state index contributed by atoms with van der Waals surface area (Å²) in [7, 11) is 0. The van der Waals surface area contributed by atoms with Crippen LogP contribution in [0.15, 0.2) is 53.9 Å². The largest absolute Gasteiger partial charge is 0.242 e. The van der Waals surface area contributed by atoms with E-state index in [4.69, 9.17) is 5.53 Å². The van der Waals surface area contributed by atoms with E-state index in [0.29, 0.717) is 28.5 Å². The van der Waals surface area contributed by atoms with Crippen LogP contribution >= 0.6 is 0 Å². The van der Waals surface area contributed by atoms with E-state index in [1.54, 1.807) is 41.3 Å². The van der Waals surface area contributed by atoms with Gasteiger partial charge in [0.05, 0.1) is 11.9 Å². The first-order chi connectivity index (χ1) is 15.1. The van der Waals surface area contributed by atoms with Gasteiger partial charge in [-0.3, -0.25) is 0 Å². The Morgan fingerprint density at radius 2 is 2.03 bits per heavy atom. The van der Waals surface area contributed by atoms with Crippen LogP contribution in [0, 0.1) is 5.82 Å². The molecule has 1 saturated carbocycles. The van der Waals surface area contributed by atoms with Crippen molar-refractivity contribution in [1.29, 1.82) is 0 Å². The number of hydrogen-bond donors (Lipinski definition) is 0. The molecular formula is C22H19FN8. The van der Waals surface area contributed by atoms with Crippen LogP contribution in [0.4, 0.5) is 10.2 Å². The van der Waals surface area contributed by atoms with Crippen LogP contribution in [0.25, 0.3) is 33.0 Å². The lowest BCUT2D eigenvalue weighted by Gasteiger charge is -2.14. The second-order valence-corrected chi connectivity index (χ2v) is 7.73. The molecule has 4 aromatic rings. The van der Waals surface area contributed by atoms with Crippen LogP contribution in [-0.2, 0) is 12.0 Å². The SMILES string of the molecule is CCC1(c2cnc(-c3nn(Cc4ccccc4F)c4ncccc34)nc2N=[N+]=[N-])CC1. The zero-order valence-corrected chi connectivity index (χ0v) is 16.9. The van der Waals surface area contributed by atoms with Crippen molar-refractivity contribution in [2.75, 3.05) is 0 Å². The van der Waals surface area contributed by atoms with Gasteiger partial charge in [-0.05, 0) is 53.5 Å². The molecule has 0 atom stereocenters. The molecule has 31 heavy (non-hydrogen) atoms. The van der Waals surface area contributed by atoms with E-state index in [9.17, 15) is 4.39 Å². The molecule has 1 fully saturated rings. The van der Waals surface area contributed by atoms with E-state index < -0.39 is 0 Å². The quantitative estimate of drug-likeness (QED) is 0.237. The molecule has 1 aliphatic rings. The van der Waals surface area contributed by atoms with Crippen LogP contribution in [0.2, 0.25) is 0 Å². The summed E-state index contributed by atoms with van der Waals surface area (Å²) in [6.45, 7) is 2.34. The standard InChI is InChI=1S/C22H19FN8/c1-2-22(9-10-22)16-12-26-20(27-19(16)28-30-24)18-15-7-5-11-25-21(15)31(29-18)13-14-6-3-4-8-17(14)23/h3-8,11-12H,2,9-10,13H2,1H3. The number of azide groups is 1. The smallest absolute Gasteiger partial charge is 0.181 e. The Morgan fingerprint density at radius 1 is 1.19 bits per heavy atom. The van der Waals surface area contributed by atoms with Crippen LogP contribution in [0.1, 0.15) is 37.3 Å². The highest BCUT2D eigenvalue weighted by Gasteiger charge is 2.44. The Labute approximate surface area is 177 Å². The van der Waals surface area contributed by atoms with E-state index in [1.807, 2.05) is 6.07 Å². The lowest BCUT2D eigenvalue weighted by atomic mass is 9.95. The lowest BCUT2D eigenvalue weighted by Crippen LogP contribution is -2.07. The second-order valence-electron chi connectivity index (χ2n) is 7.73. The van der Waals surface area contributed by atoms with Gasteiger partial charge in [0.1, 0.15) is 17.3 Å². The van der Waals surface area contributed by atoms with Crippen LogP contribution < -0.4 is 0 Å². The van der Waals surface area contributed by atoms with Gasteiger partial charge in [0.2, 0.25) is 0 Å². The van der Waals surface area contributed by atoms with Gasteiger partial charge in [-0.25, -0.2) is 24.0 Å². The fourth-order valence-corrected chi connectivity index (χ4v) is 4.02. The molecule has 3 heterocycles. The summed E-state index contributed by atoms with van der Waals surface area (Å²) in [4.78, 5) is 16.5. The zero-order chi connectivity index (χ0) is 21.4. The predicted octanol–water partition coefficient (Wildman–Crippen LogP) is 5.46. The Hall–Kier alpha value is -3.84. The van der Waals surface area contributed by atoms with Gasteiger partial charge in [0.25, 0.3) is 0 Å². The summed E-state index contributed by atoms with van der Waals surface area (Å²) in [5.41, 5.74) is 11.6. The molecule has 9 heteroatoms. The number of aromatic nitrogens is 5. The molecule has 0 amide bonds. The third-order valence-electron chi connectivity index (χ3n) is 6.01. The number of hydrogen-bond acceptors (Lipinski definition) is 5. The van der Waals surface area contributed by atoms with E-state index in [2.05, 4.69) is 37.0 Å². The molecule has 8 nitrogen and oxygen atoms in total. The molecule has 0 saturated heterocycles. The van der Waals surface area contributed by atoms with Crippen molar-refractivity contribution >= 4 is 16.9 Å². The van der Waals surface area contributed by atoms with Gasteiger partial charge in [0, 0.05) is 28.4 Å². The molecule has 0 N–H and O–H groups in total. The topological polar surface area (TPSA) is 105 Å². The summed E-state index contributed by atoms with van der Waals surface area (Å²) in [5.74, 6) is 0.389. The molecule has 3 aromatic heterocycles. The fourth-order valence-electron chi connectivity index (χ4n) is 4.02. The van der Waals surface area contributed by atoms with Crippen molar-refractivity contribution in [2.24, 2.45) is 5.11 Å². The van der Waals surface area contributed by atoms with Gasteiger partial charge in [0.15, 0.2) is 11.5 Å². The third-order valence-corrected chi connectivity index (χ3v) is 6.01. The molecule has 1 aromatic carbocycles. The minimum absolute atomic E-state index is 0.00409. The molecule has 0 aliphatic heterocycles.